The van der Waals surface area contributed by atoms with E-state index in [-0.39, 0.29) is 0 Å². The second kappa shape index (κ2) is 3.99. The Morgan fingerprint density at radius 2 is 2.29 bits per heavy atom. The maximum absolute atomic E-state index is 4.28. The monoisotopic (exact) mass is 190 g/mol. The maximum Gasteiger partial charge on any atom is 0.0603 e. The second-order valence-corrected chi connectivity index (χ2v) is 4.30. The van der Waals surface area contributed by atoms with Crippen molar-refractivity contribution in [2.45, 2.75) is 39.2 Å². The molecule has 0 aliphatic heterocycles. The van der Waals surface area contributed by atoms with Gasteiger partial charge in [0.25, 0.3) is 0 Å². The molecule has 1 fully saturated rings. The Bertz CT molecular complexity index is 309. The van der Waals surface area contributed by atoms with E-state index < -0.39 is 0 Å². The van der Waals surface area contributed by atoms with Crippen molar-refractivity contribution in [3.05, 3.63) is 24.0 Å². The number of rotatable bonds is 2. The van der Waals surface area contributed by atoms with Gasteiger partial charge in [0, 0.05) is 12.2 Å². The smallest absolute Gasteiger partial charge is 0.0603 e. The summed E-state index contributed by atoms with van der Waals surface area (Å²) in [5, 5.41) is 3.60. The van der Waals surface area contributed by atoms with Crippen molar-refractivity contribution in [1.29, 1.82) is 0 Å². The quantitative estimate of drug-likeness (QED) is 0.775. The van der Waals surface area contributed by atoms with Crippen molar-refractivity contribution < 1.29 is 0 Å². The number of pyridine rings is 1. The third kappa shape index (κ3) is 1.89. The molecule has 0 saturated heterocycles. The zero-order valence-corrected chi connectivity index (χ0v) is 8.96. The number of nitrogens with zero attached hydrogens (tertiary/aromatic N) is 1. The number of hydrogen-bond donors (Lipinski definition) is 1. The van der Waals surface area contributed by atoms with E-state index in [0.717, 1.165) is 11.6 Å². The molecular weight excluding hydrogens is 172 g/mol. The average molecular weight is 190 g/mol. The van der Waals surface area contributed by atoms with E-state index in [1.807, 2.05) is 12.3 Å². The van der Waals surface area contributed by atoms with Crippen LogP contribution in [0.5, 0.6) is 0 Å². The lowest BCUT2D eigenvalue weighted by Crippen LogP contribution is -2.22. The fourth-order valence-electron chi connectivity index (χ4n) is 2.20. The van der Waals surface area contributed by atoms with E-state index in [9.17, 15) is 0 Å². The van der Waals surface area contributed by atoms with E-state index in [1.165, 1.54) is 24.9 Å². The predicted molar refractivity (Wildman–Crippen MR) is 59.4 cm³/mol. The van der Waals surface area contributed by atoms with Crippen LogP contribution < -0.4 is 5.32 Å². The van der Waals surface area contributed by atoms with E-state index in [1.54, 1.807) is 0 Å². The van der Waals surface area contributed by atoms with Gasteiger partial charge in [-0.25, -0.2) is 0 Å². The zero-order valence-electron chi connectivity index (χ0n) is 8.96. The Morgan fingerprint density at radius 3 is 2.93 bits per heavy atom. The van der Waals surface area contributed by atoms with Crippen LogP contribution >= 0.6 is 0 Å². The van der Waals surface area contributed by atoms with Crippen molar-refractivity contribution >= 4 is 5.69 Å². The van der Waals surface area contributed by atoms with E-state index in [4.69, 9.17) is 0 Å². The molecule has 1 saturated carbocycles. The zero-order chi connectivity index (χ0) is 9.97. The first-order valence-corrected chi connectivity index (χ1v) is 5.45. The Labute approximate surface area is 85.7 Å². The molecule has 76 valence electrons. The van der Waals surface area contributed by atoms with Crippen LogP contribution in [0, 0.1) is 12.8 Å². The molecule has 0 spiro atoms. The molecule has 0 radical (unpaired) electrons. The minimum absolute atomic E-state index is 0.651. The first kappa shape index (κ1) is 9.50. The Balaban J connectivity index is 2.07. The molecular formula is C12H18N2. The summed E-state index contributed by atoms with van der Waals surface area (Å²) >= 11 is 0. The number of nitrogens with one attached hydrogen (secondary N) is 1. The largest absolute Gasteiger partial charge is 0.381 e. The molecule has 2 nitrogen and oxygen atoms in total. The highest BCUT2D eigenvalue weighted by molar-refractivity contribution is 5.47. The molecule has 0 aromatic carbocycles. The summed E-state index contributed by atoms with van der Waals surface area (Å²) < 4.78 is 0. The van der Waals surface area contributed by atoms with Crippen LogP contribution in [0.15, 0.2) is 18.3 Å². The molecule has 0 amide bonds. The summed E-state index contributed by atoms with van der Waals surface area (Å²) in [6, 6.07) is 4.76. The molecule has 2 atom stereocenters. The topological polar surface area (TPSA) is 24.9 Å². The first-order valence-electron chi connectivity index (χ1n) is 5.45. The summed E-state index contributed by atoms with van der Waals surface area (Å²) in [6.07, 6.45) is 5.86. The van der Waals surface area contributed by atoms with E-state index >= 15 is 0 Å². The van der Waals surface area contributed by atoms with Crippen molar-refractivity contribution in [3.8, 4) is 0 Å². The average Bonchev–Trinajstić information content (AvgIpc) is 2.56. The molecule has 1 aliphatic rings. The van der Waals surface area contributed by atoms with Gasteiger partial charge in [-0.1, -0.05) is 13.3 Å². The van der Waals surface area contributed by atoms with Gasteiger partial charge in [0.2, 0.25) is 0 Å². The number of aryl methyl sites for hydroxylation is 1. The Morgan fingerprint density at radius 1 is 1.43 bits per heavy atom. The Hall–Kier alpha value is -1.05. The van der Waals surface area contributed by atoms with Crippen LogP contribution in [0.4, 0.5) is 5.69 Å². The number of hydrogen-bond acceptors (Lipinski definition) is 2. The van der Waals surface area contributed by atoms with Crippen LogP contribution in [0.2, 0.25) is 0 Å². The summed E-state index contributed by atoms with van der Waals surface area (Å²) in [5.41, 5.74) is 2.30. The fourth-order valence-corrected chi connectivity index (χ4v) is 2.20. The normalized spacial score (nSPS) is 26.4. The fraction of sp³-hybridized carbons (Fsp3) is 0.583. The number of aromatic nitrogens is 1. The predicted octanol–water partition coefficient (Wildman–Crippen LogP) is 2.99. The molecule has 1 heterocycles. The second-order valence-electron chi connectivity index (χ2n) is 4.30. The summed E-state index contributed by atoms with van der Waals surface area (Å²) in [6.45, 7) is 4.39. The Kier molecular flexibility index (Phi) is 2.71. The maximum atomic E-state index is 4.28. The molecule has 14 heavy (non-hydrogen) atoms. The van der Waals surface area contributed by atoms with Gasteiger partial charge >= 0.3 is 0 Å². The lowest BCUT2D eigenvalue weighted by Gasteiger charge is -2.19. The molecule has 0 bridgehead atoms. The first-order chi connectivity index (χ1) is 6.77. The van der Waals surface area contributed by atoms with Gasteiger partial charge in [-0.3, -0.25) is 4.98 Å². The van der Waals surface area contributed by atoms with Crippen molar-refractivity contribution in [3.63, 3.8) is 0 Å². The standard InChI is InChI=1S/C12H18N2/c1-9-5-3-6-11(9)14-12-7-4-8-13-10(12)2/h4,7-9,11,14H,3,5-6H2,1-2H3/t9-,11-/m1/s1. The van der Waals surface area contributed by atoms with Gasteiger partial charge in [0.1, 0.15) is 0 Å². The minimum Gasteiger partial charge on any atom is -0.381 e. The van der Waals surface area contributed by atoms with Crippen LogP contribution in [0.1, 0.15) is 31.9 Å². The van der Waals surface area contributed by atoms with Gasteiger partial charge < -0.3 is 5.32 Å². The van der Waals surface area contributed by atoms with Crippen molar-refractivity contribution in [1.82, 2.24) is 4.98 Å². The van der Waals surface area contributed by atoms with Gasteiger partial charge in [0.05, 0.1) is 11.4 Å². The highest BCUT2D eigenvalue weighted by Crippen LogP contribution is 2.28. The lowest BCUT2D eigenvalue weighted by atomic mass is 10.1. The van der Waals surface area contributed by atoms with Crippen LogP contribution in [-0.2, 0) is 0 Å². The van der Waals surface area contributed by atoms with Gasteiger partial charge in [-0.2, -0.15) is 0 Å². The van der Waals surface area contributed by atoms with Crippen molar-refractivity contribution in [2.75, 3.05) is 5.32 Å². The molecule has 1 aliphatic carbocycles. The SMILES string of the molecule is Cc1ncccc1N[C@@H]1CCC[C@H]1C. The van der Waals surface area contributed by atoms with Gasteiger partial charge in [0.15, 0.2) is 0 Å². The third-order valence-corrected chi connectivity index (χ3v) is 3.21. The van der Waals surface area contributed by atoms with Gasteiger partial charge in [-0.05, 0) is 37.8 Å². The molecule has 0 unspecified atom stereocenters. The van der Waals surface area contributed by atoms with E-state index in [0.29, 0.717) is 6.04 Å². The van der Waals surface area contributed by atoms with Crippen LogP contribution in [0.3, 0.4) is 0 Å². The van der Waals surface area contributed by atoms with Gasteiger partial charge in [-0.15, -0.1) is 0 Å². The molecule has 1 aromatic rings. The summed E-state index contributed by atoms with van der Waals surface area (Å²) in [7, 11) is 0. The van der Waals surface area contributed by atoms with Crippen LogP contribution in [0.25, 0.3) is 0 Å². The summed E-state index contributed by atoms with van der Waals surface area (Å²) in [5.74, 6) is 0.801. The molecule has 2 heteroatoms. The third-order valence-electron chi connectivity index (χ3n) is 3.21. The van der Waals surface area contributed by atoms with Crippen LogP contribution in [-0.4, -0.2) is 11.0 Å². The highest BCUT2D eigenvalue weighted by Gasteiger charge is 2.23. The summed E-state index contributed by atoms with van der Waals surface area (Å²) in [4.78, 5) is 4.28. The number of anilines is 1. The lowest BCUT2D eigenvalue weighted by molar-refractivity contribution is 0.556. The van der Waals surface area contributed by atoms with E-state index in [2.05, 4.69) is 30.2 Å². The molecule has 2 rings (SSSR count). The molecule has 1 N–H and O–H groups in total. The van der Waals surface area contributed by atoms with Crippen molar-refractivity contribution in [2.24, 2.45) is 5.92 Å². The highest BCUT2D eigenvalue weighted by atomic mass is 14.9. The minimum atomic E-state index is 0.651. The molecule has 1 aromatic heterocycles.